The topological polar surface area (TPSA) is 8.81 Å². The Balaban J connectivity index is 1.60. The van der Waals surface area contributed by atoms with Gasteiger partial charge in [-0.1, -0.05) is 152 Å². The van der Waals surface area contributed by atoms with E-state index >= 15 is 0 Å². The van der Waals surface area contributed by atoms with Crippen molar-refractivity contribution in [3.8, 4) is 0 Å². The van der Waals surface area contributed by atoms with Crippen LogP contribution in [0, 0.1) is 0 Å². The van der Waals surface area contributed by atoms with E-state index in [4.69, 9.17) is 0 Å². The highest BCUT2D eigenvalue weighted by atomic mass is 15.2. The average molecular weight is 530 g/mol. The van der Waals surface area contributed by atoms with E-state index in [0.29, 0.717) is 5.92 Å². The molecule has 2 heteroatoms. The Hall–Kier alpha value is -2.35. The molecule has 0 radical (unpaired) electrons. The molecule has 0 bridgehead atoms. The number of aryl methyl sites for hydroxylation is 1. The highest BCUT2D eigenvalue weighted by Gasteiger charge is 2.24. The highest BCUT2D eigenvalue weighted by Crippen LogP contribution is 2.21. The lowest BCUT2D eigenvalue weighted by molar-refractivity contribution is -0.710. The lowest BCUT2D eigenvalue weighted by Gasteiger charge is -2.11. The van der Waals surface area contributed by atoms with E-state index in [9.17, 15) is 0 Å². The van der Waals surface area contributed by atoms with Crippen LogP contribution in [0.1, 0.15) is 139 Å². The molecule has 0 spiro atoms. The molecule has 2 aromatic carbocycles. The van der Waals surface area contributed by atoms with Crippen molar-refractivity contribution in [2.45, 2.75) is 143 Å². The second-order valence-electron chi connectivity index (χ2n) is 11.8. The lowest BCUT2D eigenvalue weighted by atomic mass is 9.96. The molecular formula is C37H57N2+. The molecule has 2 nitrogen and oxygen atoms in total. The third kappa shape index (κ3) is 11.3. The van der Waals surface area contributed by atoms with Gasteiger partial charge in [0.15, 0.2) is 0 Å². The minimum absolute atomic E-state index is 0.520. The van der Waals surface area contributed by atoms with Gasteiger partial charge in [0.05, 0.1) is 19.5 Å². The predicted molar refractivity (Wildman–Crippen MR) is 168 cm³/mol. The van der Waals surface area contributed by atoms with Crippen molar-refractivity contribution < 1.29 is 4.57 Å². The predicted octanol–water partition coefficient (Wildman–Crippen LogP) is 10.2. The molecule has 214 valence electrons. The number of aromatic nitrogens is 2. The van der Waals surface area contributed by atoms with E-state index in [2.05, 4.69) is 96.8 Å². The van der Waals surface area contributed by atoms with Gasteiger partial charge >= 0.3 is 0 Å². The first-order chi connectivity index (χ1) is 19.2. The van der Waals surface area contributed by atoms with Gasteiger partial charge in [-0.15, -0.1) is 0 Å². The molecule has 1 aromatic heterocycles. The van der Waals surface area contributed by atoms with Gasteiger partial charge in [-0.05, 0) is 36.3 Å². The van der Waals surface area contributed by atoms with Gasteiger partial charge in [-0.25, -0.2) is 9.13 Å². The highest BCUT2D eigenvalue weighted by molar-refractivity contribution is 5.21. The Morgan fingerprint density at radius 2 is 1.18 bits per heavy atom. The number of imidazole rings is 1. The lowest BCUT2D eigenvalue weighted by Crippen LogP contribution is -2.41. The van der Waals surface area contributed by atoms with E-state index in [-0.39, 0.29) is 0 Å². The average Bonchev–Trinajstić information content (AvgIpc) is 3.28. The number of benzene rings is 2. The van der Waals surface area contributed by atoms with Crippen LogP contribution in [0.3, 0.4) is 0 Å². The number of rotatable bonds is 21. The quantitative estimate of drug-likeness (QED) is 0.0958. The summed E-state index contributed by atoms with van der Waals surface area (Å²) in [4.78, 5) is 0. The zero-order chi connectivity index (χ0) is 27.5. The molecule has 3 aromatic rings. The first-order valence-corrected chi connectivity index (χ1v) is 16.4. The van der Waals surface area contributed by atoms with Crippen LogP contribution in [0.5, 0.6) is 0 Å². The molecule has 0 aliphatic heterocycles. The SMILES string of the molecule is CCCCCCCCCCCCCCn1cc(CC(C)c2ccccc2)[n+](CCCC)c1Cc1ccccc1. The van der Waals surface area contributed by atoms with Gasteiger partial charge in [-0.2, -0.15) is 0 Å². The second-order valence-corrected chi connectivity index (χ2v) is 11.8. The maximum absolute atomic E-state index is 2.68. The molecule has 3 rings (SSSR count). The van der Waals surface area contributed by atoms with Crippen molar-refractivity contribution in [2.75, 3.05) is 0 Å². The molecule has 0 N–H and O–H groups in total. The first-order valence-electron chi connectivity index (χ1n) is 16.4. The Morgan fingerprint density at radius 1 is 0.641 bits per heavy atom. The summed E-state index contributed by atoms with van der Waals surface area (Å²) in [5.41, 5.74) is 4.36. The zero-order valence-electron chi connectivity index (χ0n) is 25.6. The fourth-order valence-corrected chi connectivity index (χ4v) is 5.90. The Labute approximate surface area is 240 Å². The van der Waals surface area contributed by atoms with Crippen LogP contribution in [0.15, 0.2) is 66.9 Å². The summed E-state index contributed by atoms with van der Waals surface area (Å²) in [6.07, 6.45) is 23.9. The second kappa shape index (κ2) is 18.9. The van der Waals surface area contributed by atoms with Crippen molar-refractivity contribution in [3.05, 3.63) is 89.5 Å². The fraction of sp³-hybridized carbons (Fsp3) is 0.595. The van der Waals surface area contributed by atoms with Crippen LogP contribution < -0.4 is 4.57 Å². The van der Waals surface area contributed by atoms with Crippen molar-refractivity contribution in [1.82, 2.24) is 4.57 Å². The Morgan fingerprint density at radius 3 is 1.77 bits per heavy atom. The molecule has 1 heterocycles. The van der Waals surface area contributed by atoms with Gasteiger partial charge in [0.2, 0.25) is 0 Å². The molecular weight excluding hydrogens is 472 g/mol. The molecule has 0 aliphatic rings. The molecule has 1 atom stereocenters. The standard InChI is InChI=1S/C37H57N2/c1-4-6-8-9-10-11-12-13-14-15-16-23-28-38-32-36(30-33(3)35-26-21-18-22-27-35)39(29-7-5-2)37(38)31-34-24-19-17-20-25-34/h17-22,24-27,32-33H,4-16,23,28-31H2,1-3H3/q+1. The zero-order valence-corrected chi connectivity index (χ0v) is 25.6. The largest absolute Gasteiger partial charge is 0.261 e. The third-order valence-corrected chi connectivity index (χ3v) is 8.37. The summed E-state index contributed by atoms with van der Waals surface area (Å²) in [7, 11) is 0. The summed E-state index contributed by atoms with van der Waals surface area (Å²) in [6, 6.07) is 22.1. The van der Waals surface area contributed by atoms with Gasteiger partial charge in [0.1, 0.15) is 11.9 Å². The summed E-state index contributed by atoms with van der Waals surface area (Å²) >= 11 is 0. The van der Waals surface area contributed by atoms with Gasteiger partial charge in [0, 0.05) is 6.42 Å². The van der Waals surface area contributed by atoms with Crippen LogP contribution in [0.25, 0.3) is 0 Å². The van der Waals surface area contributed by atoms with Crippen molar-refractivity contribution in [1.29, 1.82) is 0 Å². The number of hydrogen-bond donors (Lipinski definition) is 0. The van der Waals surface area contributed by atoms with Crippen molar-refractivity contribution >= 4 is 0 Å². The molecule has 0 saturated carbocycles. The van der Waals surface area contributed by atoms with E-state index in [1.54, 1.807) is 0 Å². The van der Waals surface area contributed by atoms with Gasteiger partial charge < -0.3 is 0 Å². The molecule has 39 heavy (non-hydrogen) atoms. The van der Waals surface area contributed by atoms with E-state index in [1.807, 2.05) is 0 Å². The summed E-state index contributed by atoms with van der Waals surface area (Å²) in [5.74, 6) is 2.01. The minimum atomic E-state index is 0.520. The van der Waals surface area contributed by atoms with Gasteiger partial charge in [0.25, 0.3) is 5.82 Å². The van der Waals surface area contributed by atoms with Gasteiger partial charge in [-0.3, -0.25) is 0 Å². The smallest absolute Gasteiger partial charge is 0.234 e. The van der Waals surface area contributed by atoms with Crippen LogP contribution in [-0.2, 0) is 25.9 Å². The van der Waals surface area contributed by atoms with E-state index in [0.717, 1.165) is 25.9 Å². The molecule has 0 aliphatic carbocycles. The van der Waals surface area contributed by atoms with Crippen LogP contribution in [-0.4, -0.2) is 4.57 Å². The van der Waals surface area contributed by atoms with Crippen molar-refractivity contribution in [2.24, 2.45) is 0 Å². The minimum Gasteiger partial charge on any atom is -0.234 e. The first kappa shape index (κ1) is 31.2. The van der Waals surface area contributed by atoms with Crippen LogP contribution >= 0.6 is 0 Å². The fourth-order valence-electron chi connectivity index (χ4n) is 5.90. The molecule has 0 fully saturated rings. The third-order valence-electron chi connectivity index (χ3n) is 8.37. The maximum Gasteiger partial charge on any atom is 0.261 e. The summed E-state index contributed by atoms with van der Waals surface area (Å²) in [6.45, 7) is 9.27. The van der Waals surface area contributed by atoms with Crippen LogP contribution in [0.4, 0.5) is 0 Å². The summed E-state index contributed by atoms with van der Waals surface area (Å²) < 4.78 is 5.29. The van der Waals surface area contributed by atoms with E-state index < -0.39 is 0 Å². The molecule has 0 saturated heterocycles. The molecule has 0 amide bonds. The number of nitrogens with zero attached hydrogens (tertiary/aromatic N) is 2. The maximum atomic E-state index is 2.68. The number of unbranched alkanes of at least 4 members (excludes halogenated alkanes) is 12. The van der Waals surface area contributed by atoms with Crippen LogP contribution in [0.2, 0.25) is 0 Å². The van der Waals surface area contributed by atoms with Crippen molar-refractivity contribution in [3.63, 3.8) is 0 Å². The van der Waals surface area contributed by atoms with E-state index in [1.165, 1.54) is 113 Å². The Kier molecular flexibility index (Phi) is 15.1. The molecule has 1 unspecified atom stereocenters. The number of hydrogen-bond acceptors (Lipinski definition) is 0. The Bertz CT molecular complexity index is 1000. The monoisotopic (exact) mass is 529 g/mol. The normalized spacial score (nSPS) is 12.2. The summed E-state index contributed by atoms with van der Waals surface area (Å²) in [5, 5.41) is 0.